The zero-order chi connectivity index (χ0) is 22.9. The fraction of sp³-hybridized carbons (Fsp3) is 0.115. The standard InChI is InChI=1S/C26H22N4O2S/c1-15-10-11-18-12-22(15)32-23-14-21(24-16(2)6-4-7-17(24)3)28-26(29-23)30-33-20-9-5-8-19(13-20)27-25(18)31/h4-14H,1-3H3,(H,27,31)(H,28,29,30). The summed E-state index contributed by atoms with van der Waals surface area (Å²) in [6.07, 6.45) is 0. The molecule has 2 N–H and O–H groups in total. The highest BCUT2D eigenvalue weighted by Crippen LogP contribution is 2.33. The summed E-state index contributed by atoms with van der Waals surface area (Å²) in [7, 11) is 0. The maximum atomic E-state index is 12.8. The van der Waals surface area contributed by atoms with Crippen molar-refractivity contribution in [3.63, 3.8) is 0 Å². The Morgan fingerprint density at radius 1 is 0.848 bits per heavy atom. The lowest BCUT2D eigenvalue weighted by atomic mass is 10.00. The van der Waals surface area contributed by atoms with Crippen molar-refractivity contribution in [2.45, 2.75) is 25.7 Å². The van der Waals surface area contributed by atoms with Gasteiger partial charge in [0, 0.05) is 27.8 Å². The average molecular weight is 455 g/mol. The zero-order valence-corrected chi connectivity index (χ0v) is 19.3. The van der Waals surface area contributed by atoms with Crippen molar-refractivity contribution >= 4 is 29.5 Å². The summed E-state index contributed by atoms with van der Waals surface area (Å²) in [6.45, 7) is 6.07. The number of nitrogens with one attached hydrogen (secondary N) is 2. The first-order valence-corrected chi connectivity index (χ1v) is 11.4. The summed E-state index contributed by atoms with van der Waals surface area (Å²) in [4.78, 5) is 23.1. The van der Waals surface area contributed by atoms with Gasteiger partial charge >= 0.3 is 0 Å². The SMILES string of the molecule is Cc1ccc2cc1Oc1cc(-c3c(C)cccc3C)nc(n1)NSc1cccc(c1)NC2=O. The van der Waals surface area contributed by atoms with Gasteiger partial charge in [-0.05, 0) is 79.7 Å². The third-order valence-corrected chi connectivity index (χ3v) is 6.23. The minimum Gasteiger partial charge on any atom is -0.439 e. The van der Waals surface area contributed by atoms with Gasteiger partial charge in [0.15, 0.2) is 0 Å². The van der Waals surface area contributed by atoms with E-state index < -0.39 is 0 Å². The fourth-order valence-corrected chi connectivity index (χ4v) is 4.41. The van der Waals surface area contributed by atoms with Gasteiger partial charge in [-0.3, -0.25) is 9.52 Å². The molecule has 33 heavy (non-hydrogen) atoms. The second-order valence-corrected chi connectivity index (χ2v) is 8.83. The minimum atomic E-state index is -0.202. The molecule has 1 amide bonds. The van der Waals surface area contributed by atoms with Crippen molar-refractivity contribution in [1.82, 2.24) is 9.97 Å². The summed E-state index contributed by atoms with van der Waals surface area (Å²) in [5.41, 5.74) is 6.17. The topological polar surface area (TPSA) is 76.1 Å². The molecule has 4 aromatic rings. The summed E-state index contributed by atoms with van der Waals surface area (Å²) in [5.74, 6) is 1.21. The number of fused-ring (bicyclic) bond motifs is 6. The van der Waals surface area contributed by atoms with Crippen molar-refractivity contribution in [1.29, 1.82) is 0 Å². The molecule has 6 bridgehead atoms. The Labute approximate surface area is 196 Å². The molecular formula is C26H22N4O2S. The van der Waals surface area contributed by atoms with Gasteiger partial charge in [-0.15, -0.1) is 0 Å². The highest BCUT2D eigenvalue weighted by atomic mass is 32.2. The van der Waals surface area contributed by atoms with Gasteiger partial charge in [0.1, 0.15) is 5.75 Å². The molecule has 0 saturated carbocycles. The first-order chi connectivity index (χ1) is 16.0. The van der Waals surface area contributed by atoms with Crippen LogP contribution in [0, 0.1) is 20.8 Å². The lowest BCUT2D eigenvalue weighted by Crippen LogP contribution is -2.12. The van der Waals surface area contributed by atoms with Gasteiger partial charge < -0.3 is 10.1 Å². The number of amides is 1. The van der Waals surface area contributed by atoms with Gasteiger partial charge in [0.05, 0.1) is 5.69 Å². The Bertz CT molecular complexity index is 1370. The van der Waals surface area contributed by atoms with Crippen LogP contribution < -0.4 is 14.8 Å². The molecule has 1 aliphatic heterocycles. The smallest absolute Gasteiger partial charge is 0.255 e. The number of benzene rings is 3. The molecule has 0 radical (unpaired) electrons. The Morgan fingerprint density at radius 2 is 1.64 bits per heavy atom. The van der Waals surface area contributed by atoms with Gasteiger partial charge in [0.2, 0.25) is 11.8 Å². The Balaban J connectivity index is 1.67. The van der Waals surface area contributed by atoms with Gasteiger partial charge in [-0.1, -0.05) is 30.3 Å². The summed E-state index contributed by atoms with van der Waals surface area (Å²) in [5, 5.41) is 2.95. The van der Waals surface area contributed by atoms with Gasteiger partial charge in [-0.2, -0.15) is 4.98 Å². The monoisotopic (exact) mass is 454 g/mol. The van der Waals surface area contributed by atoms with Crippen molar-refractivity contribution in [3.8, 4) is 22.9 Å². The van der Waals surface area contributed by atoms with Crippen LogP contribution in [0.3, 0.4) is 0 Å². The van der Waals surface area contributed by atoms with E-state index in [4.69, 9.17) is 9.72 Å². The summed E-state index contributed by atoms with van der Waals surface area (Å²) >= 11 is 1.37. The number of rotatable bonds is 1. The van der Waals surface area contributed by atoms with Gasteiger partial charge in [-0.25, -0.2) is 4.98 Å². The zero-order valence-electron chi connectivity index (χ0n) is 18.5. The highest BCUT2D eigenvalue weighted by molar-refractivity contribution is 8.00. The molecule has 7 heteroatoms. The maximum Gasteiger partial charge on any atom is 0.255 e. The van der Waals surface area contributed by atoms with Crippen LogP contribution in [-0.4, -0.2) is 15.9 Å². The van der Waals surface area contributed by atoms with Crippen LogP contribution in [0.1, 0.15) is 27.0 Å². The van der Waals surface area contributed by atoms with E-state index in [9.17, 15) is 4.79 Å². The molecular weight excluding hydrogens is 432 g/mol. The van der Waals surface area contributed by atoms with Crippen molar-refractivity contribution < 1.29 is 9.53 Å². The second kappa shape index (κ2) is 8.60. The number of aryl methyl sites for hydroxylation is 3. The van der Waals surface area contributed by atoms with Crippen LogP contribution in [0.25, 0.3) is 11.3 Å². The molecule has 0 saturated heterocycles. The molecule has 2 heterocycles. The van der Waals surface area contributed by atoms with E-state index in [2.05, 4.69) is 41.0 Å². The number of hydrogen-bond acceptors (Lipinski definition) is 6. The quantitative estimate of drug-likeness (QED) is 0.318. The molecule has 0 fully saturated rings. The predicted molar refractivity (Wildman–Crippen MR) is 132 cm³/mol. The van der Waals surface area contributed by atoms with Crippen LogP contribution in [0.4, 0.5) is 11.6 Å². The number of carbonyl (C=O) groups is 1. The van der Waals surface area contributed by atoms with E-state index >= 15 is 0 Å². The minimum absolute atomic E-state index is 0.202. The molecule has 5 rings (SSSR count). The Hall–Kier alpha value is -3.84. The normalized spacial score (nSPS) is 12.8. The van der Waals surface area contributed by atoms with Crippen LogP contribution >= 0.6 is 11.9 Å². The van der Waals surface area contributed by atoms with Crippen LogP contribution in [0.15, 0.2) is 71.6 Å². The maximum absolute atomic E-state index is 12.8. The lowest BCUT2D eigenvalue weighted by molar-refractivity contribution is 0.102. The predicted octanol–water partition coefficient (Wildman–Crippen LogP) is 6.55. The van der Waals surface area contributed by atoms with Crippen molar-refractivity contribution in [2.75, 3.05) is 10.0 Å². The third kappa shape index (κ3) is 4.40. The number of nitrogens with zero attached hydrogens (tertiary/aromatic N) is 2. The molecule has 0 aliphatic carbocycles. The molecule has 3 aromatic carbocycles. The van der Waals surface area contributed by atoms with Crippen molar-refractivity contribution in [3.05, 3.63) is 89.0 Å². The molecule has 1 aliphatic rings. The highest BCUT2D eigenvalue weighted by Gasteiger charge is 2.16. The molecule has 1 aromatic heterocycles. The molecule has 0 spiro atoms. The molecule has 0 unspecified atom stereocenters. The average Bonchev–Trinajstić information content (AvgIpc) is 2.79. The van der Waals surface area contributed by atoms with E-state index in [-0.39, 0.29) is 5.91 Å². The van der Waals surface area contributed by atoms with E-state index in [1.165, 1.54) is 11.9 Å². The van der Waals surface area contributed by atoms with Crippen LogP contribution in [-0.2, 0) is 0 Å². The molecule has 0 atom stereocenters. The van der Waals surface area contributed by atoms with E-state index in [0.29, 0.717) is 28.8 Å². The molecule has 164 valence electrons. The third-order valence-electron chi connectivity index (χ3n) is 5.46. The van der Waals surface area contributed by atoms with Crippen LogP contribution in [0.2, 0.25) is 0 Å². The van der Waals surface area contributed by atoms with Crippen molar-refractivity contribution in [2.24, 2.45) is 0 Å². The second-order valence-electron chi connectivity index (χ2n) is 7.95. The summed E-state index contributed by atoms with van der Waals surface area (Å²) < 4.78 is 9.43. The number of ether oxygens (including phenoxy) is 1. The summed E-state index contributed by atoms with van der Waals surface area (Å²) in [6, 6.07) is 21.0. The Morgan fingerprint density at radius 3 is 2.45 bits per heavy atom. The van der Waals surface area contributed by atoms with E-state index in [0.717, 1.165) is 32.8 Å². The van der Waals surface area contributed by atoms with Gasteiger partial charge in [0.25, 0.3) is 5.91 Å². The van der Waals surface area contributed by atoms with E-state index in [1.54, 1.807) is 12.1 Å². The molecule has 6 nitrogen and oxygen atoms in total. The number of hydrogen-bond donors (Lipinski definition) is 2. The number of carbonyl (C=O) groups excluding carboxylic acids is 1. The largest absolute Gasteiger partial charge is 0.439 e. The lowest BCUT2D eigenvalue weighted by Gasteiger charge is -2.15. The number of anilines is 2. The first kappa shape index (κ1) is 21.0. The number of aromatic nitrogens is 2. The first-order valence-electron chi connectivity index (χ1n) is 10.5. The fourth-order valence-electron chi connectivity index (χ4n) is 3.78. The Kier molecular flexibility index (Phi) is 5.48. The van der Waals surface area contributed by atoms with Crippen LogP contribution in [0.5, 0.6) is 11.6 Å². The van der Waals surface area contributed by atoms with E-state index in [1.807, 2.05) is 49.4 Å².